The molecule has 0 bridgehead atoms. The van der Waals surface area contributed by atoms with Crippen molar-refractivity contribution in [3.8, 4) is 0 Å². The number of nitrogens with one attached hydrogen (secondary N) is 1. The normalized spacial score (nSPS) is 11.4. The van der Waals surface area contributed by atoms with Gasteiger partial charge in [-0.2, -0.15) is 13.2 Å². The average molecular weight is 424 g/mol. The van der Waals surface area contributed by atoms with E-state index >= 15 is 0 Å². The highest BCUT2D eigenvalue weighted by atomic mass is 32.1. The molecule has 0 saturated carbocycles. The van der Waals surface area contributed by atoms with Crippen molar-refractivity contribution in [1.82, 2.24) is 14.1 Å². The first kappa shape index (κ1) is 20.5. The quantitative estimate of drug-likeness (QED) is 0.681. The van der Waals surface area contributed by atoms with Gasteiger partial charge >= 0.3 is 11.9 Å². The SMILES string of the molecule is Cn1c(=O)ccn(CC(=O)Nc2ncc(Cc3ccc(C(F)(F)F)cc3)s2)c1=O. The molecular formula is C18H15F3N4O3S. The largest absolute Gasteiger partial charge is 0.416 e. The summed E-state index contributed by atoms with van der Waals surface area (Å²) in [5, 5.41) is 2.86. The van der Waals surface area contributed by atoms with Gasteiger partial charge in [0.25, 0.3) is 5.56 Å². The monoisotopic (exact) mass is 424 g/mol. The highest BCUT2D eigenvalue weighted by Crippen LogP contribution is 2.29. The Labute approximate surface area is 166 Å². The number of carbonyl (C=O) groups is 1. The predicted molar refractivity (Wildman–Crippen MR) is 101 cm³/mol. The minimum atomic E-state index is -4.38. The van der Waals surface area contributed by atoms with E-state index < -0.39 is 28.9 Å². The first-order valence-corrected chi connectivity index (χ1v) is 9.12. The molecule has 2 heterocycles. The summed E-state index contributed by atoms with van der Waals surface area (Å²) in [5.41, 5.74) is -1.13. The summed E-state index contributed by atoms with van der Waals surface area (Å²) >= 11 is 1.18. The minimum absolute atomic E-state index is 0.291. The Morgan fingerprint density at radius 2 is 1.86 bits per heavy atom. The summed E-state index contributed by atoms with van der Waals surface area (Å²) < 4.78 is 39.8. The Morgan fingerprint density at radius 1 is 1.17 bits per heavy atom. The number of alkyl halides is 3. The molecule has 152 valence electrons. The Kier molecular flexibility index (Phi) is 5.69. The van der Waals surface area contributed by atoms with E-state index in [1.807, 2.05) is 0 Å². The molecule has 1 N–H and O–H groups in total. The van der Waals surface area contributed by atoms with Crippen LogP contribution in [0.5, 0.6) is 0 Å². The molecule has 0 aliphatic heterocycles. The number of carbonyl (C=O) groups excluding carboxylic acids is 1. The van der Waals surface area contributed by atoms with E-state index in [0.717, 1.165) is 26.1 Å². The number of amides is 1. The molecule has 3 aromatic rings. The minimum Gasteiger partial charge on any atom is -0.300 e. The predicted octanol–water partition coefficient (Wildman–Crippen LogP) is 2.25. The van der Waals surface area contributed by atoms with Gasteiger partial charge in [0.15, 0.2) is 5.13 Å². The van der Waals surface area contributed by atoms with Crippen LogP contribution in [0.25, 0.3) is 0 Å². The van der Waals surface area contributed by atoms with Crippen LogP contribution >= 0.6 is 11.3 Å². The second-order valence-corrected chi connectivity index (χ2v) is 7.29. The smallest absolute Gasteiger partial charge is 0.300 e. The van der Waals surface area contributed by atoms with Crippen molar-refractivity contribution in [1.29, 1.82) is 0 Å². The van der Waals surface area contributed by atoms with Crippen LogP contribution in [0.1, 0.15) is 16.0 Å². The number of aromatic nitrogens is 3. The third-order valence-electron chi connectivity index (χ3n) is 4.03. The van der Waals surface area contributed by atoms with Gasteiger partial charge in [-0.15, -0.1) is 11.3 Å². The molecule has 3 rings (SSSR count). The van der Waals surface area contributed by atoms with Gasteiger partial charge in [0.05, 0.1) is 5.56 Å². The number of halogens is 3. The third kappa shape index (κ3) is 4.99. The van der Waals surface area contributed by atoms with Crippen LogP contribution in [0.4, 0.5) is 18.3 Å². The molecule has 0 aliphatic carbocycles. The maximum Gasteiger partial charge on any atom is 0.416 e. The van der Waals surface area contributed by atoms with Crippen LogP contribution in [0.2, 0.25) is 0 Å². The van der Waals surface area contributed by atoms with Crippen molar-refractivity contribution in [2.45, 2.75) is 19.1 Å². The van der Waals surface area contributed by atoms with Crippen molar-refractivity contribution >= 4 is 22.4 Å². The maximum absolute atomic E-state index is 12.6. The van der Waals surface area contributed by atoms with Crippen molar-refractivity contribution in [2.24, 2.45) is 7.05 Å². The first-order valence-electron chi connectivity index (χ1n) is 8.30. The maximum atomic E-state index is 12.6. The van der Waals surface area contributed by atoms with Gasteiger partial charge < -0.3 is 5.32 Å². The molecule has 2 aromatic heterocycles. The highest BCUT2D eigenvalue weighted by Gasteiger charge is 2.29. The van der Waals surface area contributed by atoms with Gasteiger partial charge in [-0.3, -0.25) is 18.7 Å². The zero-order valence-electron chi connectivity index (χ0n) is 15.1. The molecule has 0 unspecified atom stereocenters. The first-order chi connectivity index (χ1) is 13.6. The topological polar surface area (TPSA) is 86.0 Å². The summed E-state index contributed by atoms with van der Waals surface area (Å²) in [5.74, 6) is -0.499. The molecule has 7 nitrogen and oxygen atoms in total. The molecule has 0 aliphatic rings. The van der Waals surface area contributed by atoms with Crippen molar-refractivity contribution in [3.63, 3.8) is 0 Å². The number of rotatable bonds is 5. The van der Waals surface area contributed by atoms with Crippen LogP contribution in [-0.4, -0.2) is 20.0 Å². The molecule has 29 heavy (non-hydrogen) atoms. The number of hydrogen-bond donors (Lipinski definition) is 1. The Balaban J connectivity index is 1.63. The molecule has 0 spiro atoms. The Morgan fingerprint density at radius 3 is 2.52 bits per heavy atom. The fraction of sp³-hybridized carbons (Fsp3) is 0.222. The van der Waals surface area contributed by atoms with Gasteiger partial charge in [0.2, 0.25) is 5.91 Å². The number of hydrogen-bond acceptors (Lipinski definition) is 5. The van der Waals surface area contributed by atoms with E-state index in [-0.39, 0.29) is 6.54 Å². The van der Waals surface area contributed by atoms with Gasteiger partial charge in [0.1, 0.15) is 6.54 Å². The number of nitrogens with zero attached hydrogens (tertiary/aromatic N) is 3. The molecule has 11 heteroatoms. The summed E-state index contributed by atoms with van der Waals surface area (Å²) in [6.07, 6.45) is -1.25. The Bertz CT molecular complexity index is 1150. The second-order valence-electron chi connectivity index (χ2n) is 6.17. The van der Waals surface area contributed by atoms with E-state index in [1.165, 1.54) is 49.0 Å². The standard InChI is InChI=1S/C18H15F3N4O3S/c1-24-15(27)6-7-25(17(24)28)10-14(26)23-16-22-9-13(29-16)8-11-2-4-12(5-3-11)18(19,20)21/h2-7,9H,8,10H2,1H3,(H,22,23,26). The lowest BCUT2D eigenvalue weighted by molar-refractivity contribution is -0.137. The van der Waals surface area contributed by atoms with Gasteiger partial charge in [-0.05, 0) is 17.7 Å². The molecule has 0 atom stereocenters. The van der Waals surface area contributed by atoms with Crippen LogP contribution in [-0.2, 0) is 31.0 Å². The Hall–Kier alpha value is -3.21. The molecule has 1 amide bonds. The van der Waals surface area contributed by atoms with Crippen molar-refractivity contribution in [2.75, 3.05) is 5.32 Å². The fourth-order valence-electron chi connectivity index (χ4n) is 2.51. The lowest BCUT2D eigenvalue weighted by Gasteiger charge is -2.07. The van der Waals surface area contributed by atoms with Gasteiger partial charge in [-0.25, -0.2) is 9.78 Å². The summed E-state index contributed by atoms with van der Waals surface area (Å²) in [6, 6.07) is 6.01. The molecule has 0 saturated heterocycles. The van der Waals surface area contributed by atoms with E-state index in [1.54, 1.807) is 0 Å². The molecule has 1 aromatic carbocycles. The molecular weight excluding hydrogens is 409 g/mol. The van der Waals surface area contributed by atoms with E-state index in [2.05, 4.69) is 10.3 Å². The van der Waals surface area contributed by atoms with E-state index in [4.69, 9.17) is 0 Å². The second kappa shape index (κ2) is 8.03. The lowest BCUT2D eigenvalue weighted by Crippen LogP contribution is -2.38. The number of benzene rings is 1. The zero-order chi connectivity index (χ0) is 21.2. The lowest BCUT2D eigenvalue weighted by atomic mass is 10.1. The summed E-state index contributed by atoms with van der Waals surface area (Å²) in [4.78, 5) is 40.3. The third-order valence-corrected chi connectivity index (χ3v) is 4.95. The van der Waals surface area contributed by atoms with Gasteiger partial charge in [-0.1, -0.05) is 12.1 Å². The van der Waals surface area contributed by atoms with Crippen LogP contribution in [0.3, 0.4) is 0 Å². The van der Waals surface area contributed by atoms with E-state index in [0.29, 0.717) is 17.1 Å². The average Bonchev–Trinajstić information content (AvgIpc) is 3.08. The van der Waals surface area contributed by atoms with Crippen LogP contribution in [0, 0.1) is 0 Å². The molecule has 0 fully saturated rings. The highest BCUT2D eigenvalue weighted by molar-refractivity contribution is 7.15. The van der Waals surface area contributed by atoms with Gasteiger partial charge in [0, 0.05) is 36.8 Å². The number of thiazole rings is 1. The van der Waals surface area contributed by atoms with Crippen LogP contribution in [0.15, 0.2) is 52.3 Å². The fourth-order valence-corrected chi connectivity index (χ4v) is 3.37. The van der Waals surface area contributed by atoms with Crippen LogP contribution < -0.4 is 16.6 Å². The van der Waals surface area contributed by atoms with E-state index in [9.17, 15) is 27.6 Å². The van der Waals surface area contributed by atoms with Crippen molar-refractivity contribution in [3.05, 3.63) is 79.6 Å². The zero-order valence-corrected chi connectivity index (χ0v) is 15.9. The summed E-state index contributed by atoms with van der Waals surface area (Å²) in [6.45, 7) is -0.291. The number of anilines is 1. The summed E-state index contributed by atoms with van der Waals surface area (Å²) in [7, 11) is 1.31. The van der Waals surface area contributed by atoms with Crippen molar-refractivity contribution < 1.29 is 18.0 Å². The molecule has 0 radical (unpaired) electrons.